The van der Waals surface area contributed by atoms with Crippen LogP contribution in [-0.4, -0.2) is 14.5 Å². The fourth-order valence-electron chi connectivity index (χ4n) is 8.30. The van der Waals surface area contributed by atoms with Crippen LogP contribution in [0.4, 0.5) is 17.1 Å². The second kappa shape index (κ2) is 13.7. The van der Waals surface area contributed by atoms with Crippen molar-refractivity contribution in [1.29, 1.82) is 0 Å². The number of hydrogen-bond donors (Lipinski definition) is 0. The molecular weight excluding hydrogens is 645 g/mol. The van der Waals surface area contributed by atoms with Crippen molar-refractivity contribution in [3.8, 4) is 39.5 Å². The maximum absolute atomic E-state index is 5.01. The van der Waals surface area contributed by atoms with Crippen LogP contribution in [0.3, 0.4) is 0 Å². The van der Waals surface area contributed by atoms with Crippen molar-refractivity contribution in [2.75, 3.05) is 4.90 Å². The lowest BCUT2D eigenvalue weighted by Gasteiger charge is -2.29. The largest absolute Gasteiger partial charge is 0.310 e. The molecule has 0 saturated heterocycles. The molecule has 0 unspecified atom stereocenters. The molecule has 0 atom stereocenters. The first-order valence-corrected chi connectivity index (χ1v) is 18.3. The normalized spacial score (nSPS) is 11.3. The third-order valence-corrected chi connectivity index (χ3v) is 10.5. The van der Waals surface area contributed by atoms with Gasteiger partial charge in [0.05, 0.1) is 22.6 Å². The maximum atomic E-state index is 5.01. The van der Waals surface area contributed by atoms with Crippen molar-refractivity contribution in [1.82, 2.24) is 14.5 Å². The quantitative estimate of drug-likeness (QED) is 0.167. The second-order valence-electron chi connectivity index (χ2n) is 14.3. The van der Waals surface area contributed by atoms with Crippen molar-refractivity contribution in [2.45, 2.75) is 48.5 Å². The van der Waals surface area contributed by atoms with Gasteiger partial charge in [0, 0.05) is 45.8 Å². The molecule has 260 valence electrons. The summed E-state index contributed by atoms with van der Waals surface area (Å²) in [5, 5.41) is 1.19. The van der Waals surface area contributed by atoms with Crippen molar-refractivity contribution >= 4 is 28.0 Å². The highest BCUT2D eigenvalue weighted by molar-refractivity contribution is 6.08. The highest BCUT2D eigenvalue weighted by Crippen LogP contribution is 2.49. The molecule has 4 nitrogen and oxygen atoms in total. The summed E-state index contributed by atoms with van der Waals surface area (Å²) < 4.78 is 2.40. The van der Waals surface area contributed by atoms with Crippen LogP contribution in [0.2, 0.25) is 0 Å². The minimum atomic E-state index is 0.885. The number of aromatic nitrogens is 3. The van der Waals surface area contributed by atoms with Crippen LogP contribution in [0.5, 0.6) is 0 Å². The molecular formula is C49H44N4. The van der Waals surface area contributed by atoms with E-state index in [2.05, 4.69) is 167 Å². The Hall–Kier alpha value is -6.26. The van der Waals surface area contributed by atoms with Crippen LogP contribution in [0.25, 0.3) is 50.4 Å². The van der Waals surface area contributed by atoms with E-state index < -0.39 is 0 Å². The minimum Gasteiger partial charge on any atom is -0.310 e. The number of hydrogen-bond acceptors (Lipinski definition) is 3. The lowest BCUT2D eigenvalue weighted by atomic mass is 9.89. The first-order valence-electron chi connectivity index (χ1n) is 18.3. The van der Waals surface area contributed by atoms with Crippen LogP contribution in [-0.2, 0) is 0 Å². The topological polar surface area (TPSA) is 34.0 Å². The van der Waals surface area contributed by atoms with Gasteiger partial charge in [0.2, 0.25) is 0 Å². The van der Waals surface area contributed by atoms with Crippen LogP contribution in [0.15, 0.2) is 140 Å². The molecule has 3 heterocycles. The van der Waals surface area contributed by atoms with E-state index in [0.717, 1.165) is 39.7 Å². The van der Waals surface area contributed by atoms with Gasteiger partial charge < -0.3 is 4.90 Å². The Kier molecular flexibility index (Phi) is 8.75. The summed E-state index contributed by atoms with van der Waals surface area (Å²) in [5.41, 5.74) is 20.0. The van der Waals surface area contributed by atoms with Crippen LogP contribution in [0.1, 0.15) is 38.9 Å². The average Bonchev–Trinajstić information content (AvgIpc) is 3.47. The molecule has 4 heteroatoms. The Labute approximate surface area is 313 Å². The highest BCUT2D eigenvalue weighted by atomic mass is 15.2. The molecule has 0 N–H and O–H groups in total. The van der Waals surface area contributed by atoms with Gasteiger partial charge in [-0.15, -0.1) is 0 Å². The molecule has 0 saturated carbocycles. The Morgan fingerprint density at radius 3 is 1.70 bits per heavy atom. The van der Waals surface area contributed by atoms with E-state index >= 15 is 0 Å². The van der Waals surface area contributed by atoms with Crippen molar-refractivity contribution in [3.63, 3.8) is 0 Å². The standard InChI is InChI=1S/C49H44N4/c1-31-27-36(6)48(37(7)28-31)52(39-20-14-19-38(29-39)42-21-8-10-25-50-42)40-23-24-41-43(30-40)53(44-22-9-11-26-51-44)49(46-34(4)17-13-18-35(46)5)47(41)45-32(2)15-12-16-33(45)3/h8-30H,1-7H3. The molecule has 0 fully saturated rings. The zero-order valence-corrected chi connectivity index (χ0v) is 31.6. The third-order valence-electron chi connectivity index (χ3n) is 10.5. The van der Waals surface area contributed by atoms with E-state index in [-0.39, 0.29) is 0 Å². The van der Waals surface area contributed by atoms with Crippen LogP contribution in [0, 0.1) is 48.5 Å². The second-order valence-corrected chi connectivity index (χ2v) is 14.3. The summed E-state index contributed by atoms with van der Waals surface area (Å²) in [7, 11) is 0. The Balaban J connectivity index is 1.50. The SMILES string of the molecule is Cc1cc(C)c(N(c2cccc(-c3ccccn3)c2)c2ccc3c(-c4c(C)cccc4C)c(-c4c(C)cccc4C)n(-c4ccccn4)c3c2)c(C)c1. The van der Waals surface area contributed by atoms with Crippen LogP contribution < -0.4 is 4.90 Å². The number of rotatable bonds is 7. The smallest absolute Gasteiger partial charge is 0.137 e. The molecule has 3 aromatic heterocycles. The van der Waals surface area contributed by atoms with Gasteiger partial charge in [0.1, 0.15) is 5.82 Å². The van der Waals surface area contributed by atoms with Gasteiger partial charge >= 0.3 is 0 Å². The minimum absolute atomic E-state index is 0.885. The molecule has 5 aromatic carbocycles. The lowest BCUT2D eigenvalue weighted by molar-refractivity contribution is 1.05. The van der Waals surface area contributed by atoms with Gasteiger partial charge in [0.25, 0.3) is 0 Å². The van der Waals surface area contributed by atoms with E-state index in [1.807, 2.05) is 30.6 Å². The van der Waals surface area contributed by atoms with Crippen molar-refractivity contribution in [3.05, 3.63) is 179 Å². The molecule has 0 radical (unpaired) electrons. The van der Waals surface area contributed by atoms with Gasteiger partial charge in [-0.3, -0.25) is 9.55 Å². The summed E-state index contributed by atoms with van der Waals surface area (Å²) in [6.45, 7) is 15.5. The van der Waals surface area contributed by atoms with E-state index in [0.29, 0.717) is 0 Å². The summed E-state index contributed by atoms with van der Waals surface area (Å²) in [6, 6.07) is 45.8. The van der Waals surface area contributed by atoms with E-state index in [1.165, 1.54) is 66.7 Å². The number of anilines is 3. The Bertz CT molecular complexity index is 2570. The number of pyridine rings is 2. The summed E-state index contributed by atoms with van der Waals surface area (Å²) in [5.74, 6) is 0.885. The van der Waals surface area contributed by atoms with Gasteiger partial charge in [-0.2, -0.15) is 0 Å². The number of nitrogens with zero attached hydrogens (tertiary/aromatic N) is 4. The van der Waals surface area contributed by atoms with Gasteiger partial charge in [-0.25, -0.2) is 4.98 Å². The van der Waals surface area contributed by atoms with Gasteiger partial charge in [0.15, 0.2) is 0 Å². The highest BCUT2D eigenvalue weighted by Gasteiger charge is 2.27. The molecule has 0 bridgehead atoms. The zero-order chi connectivity index (χ0) is 36.8. The zero-order valence-electron chi connectivity index (χ0n) is 31.6. The third kappa shape index (κ3) is 6.00. The van der Waals surface area contributed by atoms with Crippen molar-refractivity contribution in [2.24, 2.45) is 0 Å². The van der Waals surface area contributed by atoms with E-state index in [4.69, 9.17) is 9.97 Å². The molecule has 0 spiro atoms. The average molecular weight is 689 g/mol. The van der Waals surface area contributed by atoms with E-state index in [9.17, 15) is 0 Å². The Morgan fingerprint density at radius 2 is 1.08 bits per heavy atom. The molecule has 53 heavy (non-hydrogen) atoms. The fourth-order valence-corrected chi connectivity index (χ4v) is 8.30. The lowest BCUT2D eigenvalue weighted by Crippen LogP contribution is -2.13. The number of benzene rings is 5. The van der Waals surface area contributed by atoms with Gasteiger partial charge in [-0.1, -0.05) is 84.4 Å². The van der Waals surface area contributed by atoms with Gasteiger partial charge in [-0.05, 0) is 136 Å². The maximum Gasteiger partial charge on any atom is 0.137 e. The monoisotopic (exact) mass is 688 g/mol. The predicted molar refractivity (Wildman–Crippen MR) is 223 cm³/mol. The molecule has 0 aliphatic carbocycles. The fraction of sp³-hybridized carbons (Fsp3) is 0.143. The number of fused-ring (bicyclic) bond motifs is 1. The molecule has 8 aromatic rings. The Morgan fingerprint density at radius 1 is 0.472 bits per heavy atom. The predicted octanol–water partition coefficient (Wildman–Crippen LogP) is 13.1. The molecule has 0 aliphatic heterocycles. The summed E-state index contributed by atoms with van der Waals surface area (Å²) in [6.07, 6.45) is 3.75. The molecule has 8 rings (SSSR count). The van der Waals surface area contributed by atoms with Crippen LogP contribution >= 0.6 is 0 Å². The first kappa shape index (κ1) is 33.9. The molecule has 0 aliphatic rings. The van der Waals surface area contributed by atoms with Crippen molar-refractivity contribution < 1.29 is 0 Å². The first-order chi connectivity index (χ1) is 25.7. The number of aryl methyl sites for hydroxylation is 7. The summed E-state index contributed by atoms with van der Waals surface area (Å²) >= 11 is 0. The molecule has 0 amide bonds. The summed E-state index contributed by atoms with van der Waals surface area (Å²) in [4.78, 5) is 12.1. The van der Waals surface area contributed by atoms with E-state index in [1.54, 1.807) is 0 Å².